The maximum atomic E-state index is 3.54. The lowest BCUT2D eigenvalue weighted by Crippen LogP contribution is -2.18. The first-order valence-electron chi connectivity index (χ1n) is 8.03. The van der Waals surface area contributed by atoms with E-state index in [-0.39, 0.29) is 0 Å². The van der Waals surface area contributed by atoms with Crippen LogP contribution in [0.3, 0.4) is 0 Å². The second-order valence-electron chi connectivity index (χ2n) is 6.13. The van der Waals surface area contributed by atoms with Crippen LogP contribution in [0.4, 0.5) is 0 Å². The zero-order chi connectivity index (χ0) is 13.7. The Labute approximate surface area is 122 Å². The number of rotatable bonds is 6. The van der Waals surface area contributed by atoms with Gasteiger partial charge in [-0.05, 0) is 56.7 Å². The number of aryl methyl sites for hydroxylation is 2. The maximum Gasteiger partial charge on any atom is 0.0415 e. The predicted octanol–water partition coefficient (Wildman–Crippen LogP) is 5.10. The Balaban J connectivity index is 2.06. The quantitative estimate of drug-likeness (QED) is 0.714. The van der Waals surface area contributed by atoms with Crippen molar-refractivity contribution in [2.45, 2.75) is 71.3 Å². The molecular formula is C17H29NS. The van der Waals surface area contributed by atoms with Crippen LogP contribution in [0, 0.1) is 5.92 Å². The van der Waals surface area contributed by atoms with E-state index in [0.717, 1.165) is 5.92 Å². The van der Waals surface area contributed by atoms with Crippen molar-refractivity contribution in [3.63, 3.8) is 0 Å². The van der Waals surface area contributed by atoms with E-state index in [0.29, 0.717) is 6.04 Å². The summed E-state index contributed by atoms with van der Waals surface area (Å²) in [5.74, 6) is 0.823. The molecule has 0 amide bonds. The summed E-state index contributed by atoms with van der Waals surface area (Å²) in [6.45, 7) is 4.69. The molecule has 0 saturated heterocycles. The number of nitrogens with one attached hydrogen (secondary N) is 1. The van der Waals surface area contributed by atoms with Crippen LogP contribution in [-0.2, 0) is 12.8 Å². The second kappa shape index (κ2) is 7.44. The van der Waals surface area contributed by atoms with Crippen molar-refractivity contribution in [3.8, 4) is 0 Å². The van der Waals surface area contributed by atoms with Crippen molar-refractivity contribution in [1.29, 1.82) is 0 Å². The molecule has 0 aromatic carbocycles. The molecule has 0 aliphatic heterocycles. The van der Waals surface area contributed by atoms with Gasteiger partial charge in [0.15, 0.2) is 0 Å². The summed E-state index contributed by atoms with van der Waals surface area (Å²) in [6.07, 6.45) is 10.8. The third-order valence-electron chi connectivity index (χ3n) is 4.38. The topological polar surface area (TPSA) is 12.0 Å². The van der Waals surface area contributed by atoms with Crippen molar-refractivity contribution in [2.24, 2.45) is 5.92 Å². The third kappa shape index (κ3) is 4.06. The highest BCUT2D eigenvalue weighted by Gasteiger charge is 2.19. The monoisotopic (exact) mass is 279 g/mol. The molecule has 0 saturated carbocycles. The Morgan fingerprint density at radius 2 is 2.05 bits per heavy atom. The Kier molecular flexibility index (Phi) is 5.90. The third-order valence-corrected chi connectivity index (χ3v) is 5.73. The van der Waals surface area contributed by atoms with E-state index < -0.39 is 0 Å². The van der Waals surface area contributed by atoms with Gasteiger partial charge < -0.3 is 5.32 Å². The van der Waals surface area contributed by atoms with Gasteiger partial charge in [-0.1, -0.05) is 33.1 Å². The molecule has 1 nitrogen and oxygen atoms in total. The van der Waals surface area contributed by atoms with Gasteiger partial charge in [0.05, 0.1) is 0 Å². The summed E-state index contributed by atoms with van der Waals surface area (Å²) in [5.41, 5.74) is 1.65. The lowest BCUT2D eigenvalue weighted by Gasteiger charge is -2.19. The van der Waals surface area contributed by atoms with Gasteiger partial charge in [0, 0.05) is 15.8 Å². The molecule has 108 valence electrons. The van der Waals surface area contributed by atoms with Gasteiger partial charge in [0.1, 0.15) is 0 Å². The molecule has 2 atom stereocenters. The van der Waals surface area contributed by atoms with Crippen LogP contribution in [0.25, 0.3) is 0 Å². The van der Waals surface area contributed by atoms with E-state index >= 15 is 0 Å². The molecule has 2 heteroatoms. The van der Waals surface area contributed by atoms with Crippen molar-refractivity contribution >= 4 is 11.3 Å². The molecule has 1 aliphatic rings. The SMILES string of the molecule is CCCC(C)CC(NC)c1cc2c(s1)CCCCC2. The Hall–Kier alpha value is -0.340. The van der Waals surface area contributed by atoms with E-state index in [2.05, 4.69) is 43.6 Å². The molecule has 0 fully saturated rings. The zero-order valence-electron chi connectivity index (χ0n) is 12.8. The van der Waals surface area contributed by atoms with Crippen LogP contribution in [0.1, 0.15) is 73.7 Å². The van der Waals surface area contributed by atoms with Crippen LogP contribution in [0.2, 0.25) is 0 Å². The fourth-order valence-corrected chi connectivity index (χ4v) is 4.63. The van der Waals surface area contributed by atoms with Crippen LogP contribution >= 0.6 is 11.3 Å². The van der Waals surface area contributed by atoms with E-state index in [1.54, 1.807) is 15.3 Å². The van der Waals surface area contributed by atoms with Crippen molar-refractivity contribution in [1.82, 2.24) is 5.32 Å². The van der Waals surface area contributed by atoms with Gasteiger partial charge in [0.25, 0.3) is 0 Å². The number of hydrogen-bond donors (Lipinski definition) is 1. The lowest BCUT2D eigenvalue weighted by molar-refractivity contribution is 0.410. The highest BCUT2D eigenvalue weighted by atomic mass is 32.1. The van der Waals surface area contributed by atoms with Gasteiger partial charge in [-0.3, -0.25) is 0 Å². The van der Waals surface area contributed by atoms with E-state index in [9.17, 15) is 0 Å². The molecule has 2 rings (SSSR count). The van der Waals surface area contributed by atoms with E-state index in [4.69, 9.17) is 0 Å². The second-order valence-corrected chi connectivity index (χ2v) is 7.30. The molecule has 0 spiro atoms. The maximum absolute atomic E-state index is 3.54. The summed E-state index contributed by atoms with van der Waals surface area (Å²) in [4.78, 5) is 3.26. The summed E-state index contributed by atoms with van der Waals surface area (Å²) in [5, 5.41) is 3.54. The standard InChI is InChI=1S/C17H29NS/c1-4-8-13(2)11-15(18-3)17-12-14-9-6-5-7-10-16(14)19-17/h12-13,15,18H,4-11H2,1-3H3. The van der Waals surface area contributed by atoms with Crippen LogP contribution in [0.5, 0.6) is 0 Å². The van der Waals surface area contributed by atoms with Gasteiger partial charge >= 0.3 is 0 Å². The van der Waals surface area contributed by atoms with Gasteiger partial charge in [-0.15, -0.1) is 11.3 Å². The highest BCUT2D eigenvalue weighted by Crippen LogP contribution is 2.34. The van der Waals surface area contributed by atoms with Crippen LogP contribution in [0.15, 0.2) is 6.07 Å². The smallest absolute Gasteiger partial charge is 0.0415 e. The highest BCUT2D eigenvalue weighted by molar-refractivity contribution is 7.12. The Morgan fingerprint density at radius 1 is 1.26 bits per heavy atom. The largest absolute Gasteiger partial charge is 0.312 e. The molecule has 1 heterocycles. The fraction of sp³-hybridized carbons (Fsp3) is 0.765. The number of hydrogen-bond acceptors (Lipinski definition) is 2. The van der Waals surface area contributed by atoms with Crippen molar-refractivity contribution in [3.05, 3.63) is 21.4 Å². The van der Waals surface area contributed by atoms with Crippen LogP contribution < -0.4 is 5.32 Å². The Morgan fingerprint density at radius 3 is 2.79 bits per heavy atom. The van der Waals surface area contributed by atoms with E-state index in [1.165, 1.54) is 51.4 Å². The molecule has 19 heavy (non-hydrogen) atoms. The van der Waals surface area contributed by atoms with Gasteiger partial charge in [0.2, 0.25) is 0 Å². The molecule has 1 aromatic rings. The average molecular weight is 279 g/mol. The van der Waals surface area contributed by atoms with Crippen molar-refractivity contribution < 1.29 is 0 Å². The minimum Gasteiger partial charge on any atom is -0.312 e. The van der Waals surface area contributed by atoms with Crippen molar-refractivity contribution in [2.75, 3.05) is 7.05 Å². The Bertz CT molecular complexity index is 359. The number of fused-ring (bicyclic) bond motifs is 1. The van der Waals surface area contributed by atoms with Gasteiger partial charge in [-0.2, -0.15) is 0 Å². The molecule has 1 aliphatic carbocycles. The molecular weight excluding hydrogens is 250 g/mol. The summed E-state index contributed by atoms with van der Waals surface area (Å²) in [6, 6.07) is 3.07. The van der Waals surface area contributed by atoms with Crippen LogP contribution in [-0.4, -0.2) is 7.05 Å². The first-order valence-corrected chi connectivity index (χ1v) is 8.85. The minimum absolute atomic E-state index is 0.568. The molecule has 1 N–H and O–H groups in total. The molecule has 0 radical (unpaired) electrons. The zero-order valence-corrected chi connectivity index (χ0v) is 13.6. The molecule has 1 aromatic heterocycles. The summed E-state index contributed by atoms with van der Waals surface area (Å²) in [7, 11) is 2.12. The summed E-state index contributed by atoms with van der Waals surface area (Å²) >= 11 is 2.08. The lowest BCUT2D eigenvalue weighted by atomic mass is 9.96. The normalized spacial score (nSPS) is 18.7. The minimum atomic E-state index is 0.568. The summed E-state index contributed by atoms with van der Waals surface area (Å²) < 4.78 is 0. The molecule has 2 unspecified atom stereocenters. The fourth-order valence-electron chi connectivity index (χ4n) is 3.25. The molecule has 0 bridgehead atoms. The van der Waals surface area contributed by atoms with Gasteiger partial charge in [-0.25, -0.2) is 0 Å². The first kappa shape index (κ1) is 15.1. The predicted molar refractivity (Wildman–Crippen MR) is 86.1 cm³/mol. The van der Waals surface area contributed by atoms with E-state index in [1.807, 2.05) is 0 Å². The number of thiophene rings is 1. The first-order chi connectivity index (χ1) is 9.24. The average Bonchev–Trinajstić information content (AvgIpc) is 2.67.